The van der Waals surface area contributed by atoms with Crippen LogP contribution in [0.3, 0.4) is 0 Å². The summed E-state index contributed by atoms with van der Waals surface area (Å²) in [5.74, 6) is 0.215. The third-order valence-corrected chi connectivity index (χ3v) is 3.07. The molecule has 1 aliphatic heterocycles. The van der Waals surface area contributed by atoms with Crippen LogP contribution in [0.4, 0.5) is 4.79 Å². The lowest BCUT2D eigenvalue weighted by Gasteiger charge is -2.34. The zero-order valence-corrected chi connectivity index (χ0v) is 11.8. The van der Waals surface area contributed by atoms with Gasteiger partial charge >= 0.3 is 6.03 Å². The second kappa shape index (κ2) is 6.27. The van der Waals surface area contributed by atoms with Crippen molar-refractivity contribution in [1.29, 1.82) is 0 Å². The number of nitrogens with one attached hydrogen (secondary N) is 1. The number of allylic oxidation sites excluding steroid dienone is 1. The highest BCUT2D eigenvalue weighted by Crippen LogP contribution is 2.09. The number of rotatable bonds is 2. The fourth-order valence-corrected chi connectivity index (χ4v) is 1.97. The molecule has 108 valence electrons. The van der Waals surface area contributed by atoms with Crippen molar-refractivity contribution in [2.75, 3.05) is 26.2 Å². The molecule has 1 fully saturated rings. The summed E-state index contributed by atoms with van der Waals surface area (Å²) in [5.41, 5.74) is 1.03. The van der Waals surface area contributed by atoms with Crippen molar-refractivity contribution in [2.24, 2.45) is 0 Å². The molecule has 0 spiro atoms. The normalized spacial score (nSPS) is 14.9. The second-order valence-corrected chi connectivity index (χ2v) is 4.93. The van der Waals surface area contributed by atoms with E-state index in [-0.39, 0.29) is 11.9 Å². The van der Waals surface area contributed by atoms with Gasteiger partial charge in [-0.1, -0.05) is 5.57 Å². The maximum absolute atomic E-state index is 12.1. The van der Waals surface area contributed by atoms with Crippen LogP contribution in [-0.4, -0.2) is 47.9 Å². The maximum atomic E-state index is 12.1. The molecule has 1 saturated heterocycles. The van der Waals surface area contributed by atoms with Gasteiger partial charge in [-0.2, -0.15) is 0 Å². The average Bonchev–Trinajstić information content (AvgIpc) is 2.98. The standard InChI is InChI=1S/C14H19N3O3/c1-11(2)10-15-14(19)17-7-5-16(6-8-17)13(18)12-4-3-9-20-12/h3-4,9-10H,5-8H2,1-2H3,(H,15,19). The fourth-order valence-electron chi connectivity index (χ4n) is 1.97. The molecule has 1 aromatic heterocycles. The molecule has 0 atom stereocenters. The summed E-state index contributed by atoms with van der Waals surface area (Å²) >= 11 is 0. The number of nitrogens with zero attached hydrogens (tertiary/aromatic N) is 2. The minimum Gasteiger partial charge on any atom is -0.459 e. The number of carbonyl (C=O) groups excluding carboxylic acids is 2. The highest BCUT2D eigenvalue weighted by molar-refractivity contribution is 5.91. The zero-order chi connectivity index (χ0) is 14.5. The van der Waals surface area contributed by atoms with Gasteiger partial charge in [0.25, 0.3) is 5.91 Å². The van der Waals surface area contributed by atoms with Crippen molar-refractivity contribution in [2.45, 2.75) is 13.8 Å². The van der Waals surface area contributed by atoms with Gasteiger partial charge in [-0.3, -0.25) is 4.79 Å². The number of urea groups is 1. The summed E-state index contributed by atoms with van der Waals surface area (Å²) in [4.78, 5) is 27.3. The largest absolute Gasteiger partial charge is 0.459 e. The molecule has 1 aromatic rings. The smallest absolute Gasteiger partial charge is 0.321 e. The fraction of sp³-hybridized carbons (Fsp3) is 0.429. The summed E-state index contributed by atoms with van der Waals surface area (Å²) in [6, 6.07) is 3.21. The number of carbonyl (C=O) groups is 2. The highest BCUT2D eigenvalue weighted by atomic mass is 16.3. The quantitative estimate of drug-likeness (QED) is 0.894. The Morgan fingerprint density at radius 3 is 2.40 bits per heavy atom. The van der Waals surface area contributed by atoms with Crippen molar-refractivity contribution in [3.63, 3.8) is 0 Å². The summed E-state index contributed by atoms with van der Waals surface area (Å²) in [6.07, 6.45) is 3.17. The van der Waals surface area contributed by atoms with E-state index in [9.17, 15) is 9.59 Å². The van der Waals surface area contributed by atoms with Gasteiger partial charge in [0, 0.05) is 32.4 Å². The third kappa shape index (κ3) is 3.40. The Kier molecular flexibility index (Phi) is 4.45. The first-order chi connectivity index (χ1) is 9.58. The molecule has 6 nitrogen and oxygen atoms in total. The first-order valence-corrected chi connectivity index (χ1v) is 6.59. The molecule has 2 rings (SSSR count). The van der Waals surface area contributed by atoms with Crippen LogP contribution in [0.25, 0.3) is 0 Å². The number of furan rings is 1. The van der Waals surface area contributed by atoms with E-state index < -0.39 is 0 Å². The van der Waals surface area contributed by atoms with Crippen LogP contribution in [0.5, 0.6) is 0 Å². The SMILES string of the molecule is CC(C)=CNC(=O)N1CCN(C(=O)c2ccco2)CC1. The van der Waals surface area contributed by atoms with E-state index in [0.29, 0.717) is 31.9 Å². The Hall–Kier alpha value is -2.24. The lowest BCUT2D eigenvalue weighted by Crippen LogP contribution is -2.52. The third-order valence-electron chi connectivity index (χ3n) is 3.07. The second-order valence-electron chi connectivity index (χ2n) is 4.93. The number of piperazine rings is 1. The van der Waals surface area contributed by atoms with Crippen LogP contribution < -0.4 is 5.32 Å². The monoisotopic (exact) mass is 277 g/mol. The molecule has 0 aromatic carbocycles. The van der Waals surface area contributed by atoms with Crippen LogP contribution >= 0.6 is 0 Å². The molecular formula is C14H19N3O3. The molecule has 3 amide bonds. The Morgan fingerprint density at radius 2 is 1.85 bits per heavy atom. The molecular weight excluding hydrogens is 258 g/mol. The lowest BCUT2D eigenvalue weighted by atomic mass is 10.3. The number of hydrogen-bond acceptors (Lipinski definition) is 3. The Balaban J connectivity index is 1.85. The van der Waals surface area contributed by atoms with E-state index in [1.165, 1.54) is 6.26 Å². The maximum Gasteiger partial charge on any atom is 0.321 e. The van der Waals surface area contributed by atoms with Crippen LogP contribution in [-0.2, 0) is 0 Å². The minimum absolute atomic E-state index is 0.126. The van der Waals surface area contributed by atoms with Crippen LogP contribution in [0.1, 0.15) is 24.4 Å². The van der Waals surface area contributed by atoms with E-state index >= 15 is 0 Å². The van der Waals surface area contributed by atoms with Gasteiger partial charge in [-0.15, -0.1) is 0 Å². The van der Waals surface area contributed by atoms with Crippen LogP contribution in [0.15, 0.2) is 34.6 Å². The summed E-state index contributed by atoms with van der Waals surface area (Å²) < 4.78 is 5.10. The van der Waals surface area contributed by atoms with Crippen molar-refractivity contribution >= 4 is 11.9 Å². The van der Waals surface area contributed by atoms with E-state index in [1.807, 2.05) is 13.8 Å². The van der Waals surface area contributed by atoms with E-state index in [4.69, 9.17) is 4.42 Å². The molecule has 20 heavy (non-hydrogen) atoms. The summed E-state index contributed by atoms with van der Waals surface area (Å²) in [7, 11) is 0. The van der Waals surface area contributed by atoms with Crippen LogP contribution in [0.2, 0.25) is 0 Å². The van der Waals surface area contributed by atoms with Gasteiger partial charge in [0.2, 0.25) is 0 Å². The Bertz CT molecular complexity index is 496. The Morgan fingerprint density at radius 1 is 1.20 bits per heavy atom. The molecule has 0 unspecified atom stereocenters. The first kappa shape index (κ1) is 14.2. The molecule has 0 aliphatic carbocycles. The molecule has 0 radical (unpaired) electrons. The molecule has 0 saturated carbocycles. The van der Waals surface area contributed by atoms with Gasteiger partial charge in [0.05, 0.1) is 6.26 Å². The summed E-state index contributed by atoms with van der Waals surface area (Å²) in [6.45, 7) is 5.91. The molecule has 6 heteroatoms. The van der Waals surface area contributed by atoms with Gasteiger partial charge in [-0.25, -0.2) is 4.79 Å². The minimum atomic E-state index is -0.128. The zero-order valence-electron chi connectivity index (χ0n) is 11.8. The van der Waals surface area contributed by atoms with Gasteiger partial charge in [0.15, 0.2) is 5.76 Å². The topological polar surface area (TPSA) is 65.8 Å². The molecule has 1 N–H and O–H groups in total. The van der Waals surface area contributed by atoms with Crippen molar-refractivity contribution < 1.29 is 14.0 Å². The van der Waals surface area contributed by atoms with Gasteiger partial charge in [0.1, 0.15) is 0 Å². The lowest BCUT2D eigenvalue weighted by molar-refractivity contribution is 0.0636. The van der Waals surface area contributed by atoms with Crippen LogP contribution in [0, 0.1) is 0 Å². The molecule has 2 heterocycles. The van der Waals surface area contributed by atoms with Gasteiger partial charge < -0.3 is 19.5 Å². The van der Waals surface area contributed by atoms with E-state index in [0.717, 1.165) is 5.57 Å². The Labute approximate surface area is 118 Å². The first-order valence-electron chi connectivity index (χ1n) is 6.59. The van der Waals surface area contributed by atoms with Crippen molar-refractivity contribution in [3.8, 4) is 0 Å². The molecule has 0 bridgehead atoms. The van der Waals surface area contributed by atoms with Gasteiger partial charge in [-0.05, 0) is 26.0 Å². The predicted octanol–water partition coefficient (Wildman–Crippen LogP) is 1.67. The van der Waals surface area contributed by atoms with Crippen molar-refractivity contribution in [1.82, 2.24) is 15.1 Å². The number of hydrogen-bond donors (Lipinski definition) is 1. The van der Waals surface area contributed by atoms with E-state index in [1.54, 1.807) is 28.1 Å². The summed E-state index contributed by atoms with van der Waals surface area (Å²) in [5, 5.41) is 2.73. The predicted molar refractivity (Wildman–Crippen MR) is 74.1 cm³/mol. The molecule has 1 aliphatic rings. The average molecular weight is 277 g/mol. The van der Waals surface area contributed by atoms with Crippen molar-refractivity contribution in [3.05, 3.63) is 35.9 Å². The highest BCUT2D eigenvalue weighted by Gasteiger charge is 2.25. The number of amides is 3. The van der Waals surface area contributed by atoms with E-state index in [2.05, 4.69) is 5.32 Å².